The van der Waals surface area contributed by atoms with Gasteiger partial charge in [0.2, 0.25) is 0 Å². The molecule has 0 atom stereocenters. The van der Waals surface area contributed by atoms with Crippen LogP contribution >= 0.6 is 0 Å². The molecule has 2 nitrogen and oxygen atoms in total. The van der Waals surface area contributed by atoms with Crippen molar-refractivity contribution in [3.8, 4) is 0 Å². The lowest BCUT2D eigenvalue weighted by molar-refractivity contribution is 0.229. The highest BCUT2D eigenvalue weighted by Crippen LogP contribution is 2.18. The Bertz CT molecular complexity index is 391. The number of rotatable bonds is 4. The van der Waals surface area contributed by atoms with Crippen LogP contribution in [0.1, 0.15) is 61.3 Å². The molecule has 23 heavy (non-hydrogen) atoms. The molecule has 0 bridgehead atoms. The van der Waals surface area contributed by atoms with E-state index in [2.05, 4.69) is 70.4 Å². The Kier molecular flexibility index (Phi) is 9.16. The summed E-state index contributed by atoms with van der Waals surface area (Å²) in [4.78, 5) is 5.06. The van der Waals surface area contributed by atoms with Crippen LogP contribution in [0.25, 0.3) is 0 Å². The molecule has 0 saturated heterocycles. The van der Waals surface area contributed by atoms with Gasteiger partial charge in [-0.15, -0.1) is 0 Å². The topological polar surface area (TPSA) is 6.48 Å². The molecule has 0 amide bonds. The minimum absolute atomic E-state index is 0.701. The first-order valence-corrected chi connectivity index (χ1v) is 9.69. The molecule has 134 valence electrons. The highest BCUT2D eigenvalue weighted by atomic mass is 15.1. The first kappa shape index (κ1) is 20.4. The smallest absolute Gasteiger partial charge is 0.0198 e. The van der Waals surface area contributed by atoms with Crippen LogP contribution in [0, 0.1) is 11.8 Å². The van der Waals surface area contributed by atoms with E-state index in [9.17, 15) is 0 Å². The normalized spacial score (nSPS) is 20.4. The van der Waals surface area contributed by atoms with E-state index in [1.807, 2.05) is 0 Å². The summed E-state index contributed by atoms with van der Waals surface area (Å²) in [5, 5.41) is 0. The van der Waals surface area contributed by atoms with Crippen molar-refractivity contribution in [1.29, 1.82) is 0 Å². The summed E-state index contributed by atoms with van der Waals surface area (Å²) in [6.07, 6.45) is 7.33. The summed E-state index contributed by atoms with van der Waals surface area (Å²) in [7, 11) is 0. The van der Waals surface area contributed by atoms with Crippen molar-refractivity contribution < 1.29 is 0 Å². The Balaban J connectivity index is 0.000000231. The van der Waals surface area contributed by atoms with Gasteiger partial charge in [-0.25, -0.2) is 0 Å². The number of hydrogen-bond acceptors (Lipinski definition) is 2. The Labute approximate surface area is 145 Å². The average Bonchev–Trinajstić information content (AvgIpc) is 2.55. The van der Waals surface area contributed by atoms with Gasteiger partial charge in [0.05, 0.1) is 0 Å². The first-order valence-electron chi connectivity index (χ1n) is 9.69. The molecule has 0 saturated carbocycles. The molecule has 0 N–H and O–H groups in total. The van der Waals surface area contributed by atoms with Crippen molar-refractivity contribution in [2.75, 3.05) is 32.7 Å². The van der Waals surface area contributed by atoms with Gasteiger partial charge >= 0.3 is 0 Å². The van der Waals surface area contributed by atoms with E-state index in [4.69, 9.17) is 0 Å². The maximum atomic E-state index is 2.55. The van der Waals surface area contributed by atoms with Crippen LogP contribution in [0.3, 0.4) is 0 Å². The lowest BCUT2D eigenvalue weighted by Gasteiger charge is -2.32. The minimum Gasteiger partial charge on any atom is -0.299 e. The molecule has 0 aromatic heterocycles. The third-order valence-corrected chi connectivity index (χ3v) is 5.13. The largest absolute Gasteiger partial charge is 0.299 e. The molecular weight excluding hydrogens is 280 g/mol. The summed E-state index contributed by atoms with van der Waals surface area (Å²) in [5.74, 6) is 1.47. The van der Waals surface area contributed by atoms with Gasteiger partial charge in [-0.2, -0.15) is 0 Å². The maximum absolute atomic E-state index is 2.55. The van der Waals surface area contributed by atoms with Crippen molar-refractivity contribution in [3.05, 3.63) is 23.3 Å². The second kappa shape index (κ2) is 10.3. The van der Waals surface area contributed by atoms with E-state index in [1.165, 1.54) is 45.6 Å². The molecule has 0 radical (unpaired) electrons. The van der Waals surface area contributed by atoms with Crippen molar-refractivity contribution in [2.45, 2.75) is 67.3 Å². The molecular formula is C21H40N2. The zero-order chi connectivity index (χ0) is 17.4. The van der Waals surface area contributed by atoms with Crippen molar-refractivity contribution in [3.63, 3.8) is 0 Å². The fourth-order valence-electron chi connectivity index (χ4n) is 3.18. The second-order valence-corrected chi connectivity index (χ2v) is 7.88. The second-order valence-electron chi connectivity index (χ2n) is 7.88. The van der Waals surface area contributed by atoms with Crippen LogP contribution in [-0.4, -0.2) is 48.6 Å². The van der Waals surface area contributed by atoms with E-state index < -0.39 is 0 Å². The lowest BCUT2D eigenvalue weighted by atomic mass is 9.98. The van der Waals surface area contributed by atoms with Crippen LogP contribution in [0.15, 0.2) is 23.3 Å². The summed E-state index contributed by atoms with van der Waals surface area (Å²) in [6.45, 7) is 22.0. The summed E-state index contributed by atoms with van der Waals surface area (Å²) in [6, 6.07) is 0.701. The monoisotopic (exact) mass is 320 g/mol. The highest BCUT2D eigenvalue weighted by Gasteiger charge is 2.16. The maximum Gasteiger partial charge on any atom is 0.0198 e. The predicted octanol–water partition coefficient (Wildman–Crippen LogP) is 4.98. The van der Waals surface area contributed by atoms with Crippen LogP contribution in [-0.2, 0) is 0 Å². The zero-order valence-corrected chi connectivity index (χ0v) is 16.7. The van der Waals surface area contributed by atoms with Gasteiger partial charge in [0, 0.05) is 32.2 Å². The molecule has 0 aromatic carbocycles. The Hall–Kier alpha value is -0.600. The van der Waals surface area contributed by atoms with Crippen LogP contribution in [0.2, 0.25) is 0 Å². The fraction of sp³-hybridized carbons (Fsp3) is 0.810. The van der Waals surface area contributed by atoms with Gasteiger partial charge in [0.15, 0.2) is 0 Å². The van der Waals surface area contributed by atoms with Gasteiger partial charge in [-0.05, 0) is 45.1 Å². The SMILES string of the molecule is CC(C)C1=CCCN(C(C)C)C1.CCN1CCC=C(C(C)C)C1. The molecule has 0 aliphatic carbocycles. The number of likely N-dealkylation sites (N-methyl/N-ethyl adjacent to an activating group) is 1. The molecule has 0 spiro atoms. The molecule has 2 aliphatic heterocycles. The molecule has 2 aliphatic rings. The third-order valence-electron chi connectivity index (χ3n) is 5.13. The quantitative estimate of drug-likeness (QED) is 0.674. The van der Waals surface area contributed by atoms with E-state index >= 15 is 0 Å². The first-order chi connectivity index (χ1) is 10.8. The molecule has 2 rings (SSSR count). The standard InChI is InChI=1S/C11H21N.C10H19N/c1-9(2)11-6-5-7-12(8-11)10(3)4;1-4-11-7-5-6-10(8-11)9(2)3/h6,9-10H,5,7-8H2,1-4H3;6,9H,4-5,7-8H2,1-3H3. The van der Waals surface area contributed by atoms with Crippen molar-refractivity contribution >= 4 is 0 Å². The van der Waals surface area contributed by atoms with E-state index in [0.717, 1.165) is 11.8 Å². The van der Waals surface area contributed by atoms with Gasteiger partial charge in [0.25, 0.3) is 0 Å². The predicted molar refractivity (Wildman–Crippen MR) is 104 cm³/mol. The molecule has 2 heterocycles. The summed E-state index contributed by atoms with van der Waals surface area (Å²) >= 11 is 0. The van der Waals surface area contributed by atoms with E-state index in [1.54, 1.807) is 11.1 Å². The number of nitrogens with zero attached hydrogens (tertiary/aromatic N) is 2. The molecule has 2 heteroatoms. The minimum atomic E-state index is 0.701. The van der Waals surface area contributed by atoms with Gasteiger partial charge in [0.1, 0.15) is 0 Å². The summed E-state index contributed by atoms with van der Waals surface area (Å²) in [5.41, 5.74) is 3.24. The van der Waals surface area contributed by atoms with E-state index in [-0.39, 0.29) is 0 Å². The highest BCUT2D eigenvalue weighted by molar-refractivity contribution is 5.11. The van der Waals surface area contributed by atoms with Gasteiger partial charge in [-0.1, -0.05) is 57.9 Å². The number of hydrogen-bond donors (Lipinski definition) is 0. The zero-order valence-electron chi connectivity index (χ0n) is 16.7. The fourth-order valence-corrected chi connectivity index (χ4v) is 3.18. The molecule has 0 unspecified atom stereocenters. The van der Waals surface area contributed by atoms with Crippen molar-refractivity contribution in [2.24, 2.45) is 11.8 Å². The average molecular weight is 321 g/mol. The van der Waals surface area contributed by atoms with Crippen LogP contribution < -0.4 is 0 Å². The molecule has 0 aromatic rings. The Morgan fingerprint density at radius 2 is 1.35 bits per heavy atom. The van der Waals surface area contributed by atoms with Crippen molar-refractivity contribution in [1.82, 2.24) is 9.80 Å². The van der Waals surface area contributed by atoms with Gasteiger partial charge < -0.3 is 0 Å². The van der Waals surface area contributed by atoms with Crippen LogP contribution in [0.4, 0.5) is 0 Å². The summed E-state index contributed by atoms with van der Waals surface area (Å²) < 4.78 is 0. The molecule has 0 fully saturated rings. The van der Waals surface area contributed by atoms with Crippen LogP contribution in [0.5, 0.6) is 0 Å². The Morgan fingerprint density at radius 3 is 1.83 bits per heavy atom. The third kappa shape index (κ3) is 7.22. The van der Waals surface area contributed by atoms with Gasteiger partial charge in [-0.3, -0.25) is 9.80 Å². The Morgan fingerprint density at radius 1 is 0.826 bits per heavy atom. The lowest BCUT2D eigenvalue weighted by Crippen LogP contribution is -2.36. The van der Waals surface area contributed by atoms with E-state index in [0.29, 0.717) is 6.04 Å².